The quantitative estimate of drug-likeness (QED) is 0.878. The van der Waals surface area contributed by atoms with Crippen molar-refractivity contribution >= 4 is 34.1 Å². The van der Waals surface area contributed by atoms with E-state index in [0.717, 1.165) is 17.3 Å². The van der Waals surface area contributed by atoms with Gasteiger partial charge in [-0.1, -0.05) is 47.4 Å². The van der Waals surface area contributed by atoms with Crippen LogP contribution < -0.4 is 5.73 Å². The van der Waals surface area contributed by atoms with Crippen molar-refractivity contribution < 1.29 is 4.79 Å². The van der Waals surface area contributed by atoms with Crippen LogP contribution in [0.25, 0.3) is 0 Å². The molecule has 21 heavy (non-hydrogen) atoms. The second-order valence-corrected chi connectivity index (χ2v) is 7.54. The highest BCUT2D eigenvalue weighted by Gasteiger charge is 2.25. The van der Waals surface area contributed by atoms with Crippen molar-refractivity contribution in [2.45, 2.75) is 29.5 Å². The molecule has 0 saturated heterocycles. The Morgan fingerprint density at radius 3 is 2.86 bits per heavy atom. The number of benzene rings is 1. The third kappa shape index (κ3) is 3.19. The van der Waals surface area contributed by atoms with Gasteiger partial charge in [0, 0.05) is 13.1 Å². The van der Waals surface area contributed by atoms with Gasteiger partial charge in [-0.15, -0.1) is 10.2 Å². The highest BCUT2D eigenvalue weighted by molar-refractivity contribution is 8.02. The Hall–Kier alpha value is -1.60. The number of aromatic nitrogens is 2. The van der Waals surface area contributed by atoms with E-state index < -0.39 is 0 Å². The van der Waals surface area contributed by atoms with Crippen LogP contribution in [-0.2, 0) is 17.8 Å². The molecule has 1 amide bonds. The van der Waals surface area contributed by atoms with E-state index in [-0.39, 0.29) is 11.2 Å². The molecule has 1 aromatic heterocycles. The van der Waals surface area contributed by atoms with Crippen LogP contribution in [-0.4, -0.2) is 32.8 Å². The molecule has 1 atom stereocenters. The number of carbonyl (C=O) groups excluding carboxylic acids is 1. The number of nitrogens with two attached hydrogens (primary N) is 1. The lowest BCUT2D eigenvalue weighted by molar-refractivity contribution is -0.131. The first-order chi connectivity index (χ1) is 10.1. The summed E-state index contributed by atoms with van der Waals surface area (Å²) in [4.78, 5) is 14.5. The summed E-state index contributed by atoms with van der Waals surface area (Å²) in [7, 11) is 0. The fraction of sp³-hybridized carbons (Fsp3) is 0.357. The predicted molar refractivity (Wildman–Crippen MR) is 85.2 cm³/mol. The summed E-state index contributed by atoms with van der Waals surface area (Å²) in [6, 6.07) is 8.31. The summed E-state index contributed by atoms with van der Waals surface area (Å²) >= 11 is 2.74. The minimum atomic E-state index is -0.178. The topological polar surface area (TPSA) is 72.1 Å². The summed E-state index contributed by atoms with van der Waals surface area (Å²) in [6.45, 7) is 3.38. The van der Waals surface area contributed by atoms with Crippen LogP contribution in [0.2, 0.25) is 0 Å². The van der Waals surface area contributed by atoms with Gasteiger partial charge >= 0.3 is 0 Å². The zero-order valence-corrected chi connectivity index (χ0v) is 13.3. The van der Waals surface area contributed by atoms with Gasteiger partial charge in [-0.05, 0) is 24.5 Å². The van der Waals surface area contributed by atoms with Crippen LogP contribution in [0.4, 0.5) is 5.13 Å². The van der Waals surface area contributed by atoms with Crippen molar-refractivity contribution in [3.05, 3.63) is 35.4 Å². The molecule has 2 N–H and O–H groups in total. The van der Waals surface area contributed by atoms with E-state index in [1.54, 1.807) is 0 Å². The number of thioether (sulfide) groups is 1. The second-order valence-electron chi connectivity index (χ2n) is 4.94. The predicted octanol–water partition coefficient (Wildman–Crippen LogP) is 2.19. The van der Waals surface area contributed by atoms with Crippen molar-refractivity contribution in [3.63, 3.8) is 0 Å². The number of hydrogen-bond donors (Lipinski definition) is 1. The maximum atomic E-state index is 12.5. The van der Waals surface area contributed by atoms with Gasteiger partial charge in [0.05, 0.1) is 5.25 Å². The third-order valence-electron chi connectivity index (χ3n) is 3.49. The Kier molecular flexibility index (Phi) is 4.12. The lowest BCUT2D eigenvalue weighted by Crippen LogP contribution is -2.40. The molecule has 1 aromatic carbocycles. The smallest absolute Gasteiger partial charge is 0.236 e. The summed E-state index contributed by atoms with van der Waals surface area (Å²) in [5.74, 6) is 0.142. The van der Waals surface area contributed by atoms with Crippen LogP contribution in [0.5, 0.6) is 0 Å². The number of anilines is 1. The van der Waals surface area contributed by atoms with Crippen LogP contribution in [0, 0.1) is 0 Å². The molecule has 0 fully saturated rings. The minimum absolute atomic E-state index is 0.142. The number of nitrogens with zero attached hydrogens (tertiary/aromatic N) is 3. The standard InChI is InChI=1S/C14H16N4OS2/c1-9(20-14-17-16-13(15)21-14)12(19)18-7-6-10-4-2-3-5-11(10)8-18/h2-5,9H,6-8H2,1H3,(H2,15,16). The van der Waals surface area contributed by atoms with Gasteiger partial charge in [0.15, 0.2) is 4.34 Å². The molecular weight excluding hydrogens is 304 g/mol. The monoisotopic (exact) mass is 320 g/mol. The highest BCUT2D eigenvalue weighted by Crippen LogP contribution is 2.29. The number of hydrogen-bond acceptors (Lipinski definition) is 6. The van der Waals surface area contributed by atoms with Crippen molar-refractivity contribution in [2.24, 2.45) is 0 Å². The molecule has 2 heterocycles. The van der Waals surface area contributed by atoms with Gasteiger partial charge in [0.2, 0.25) is 11.0 Å². The van der Waals surface area contributed by atoms with Crippen molar-refractivity contribution in [1.82, 2.24) is 15.1 Å². The molecule has 1 unspecified atom stereocenters. The number of nitrogen functional groups attached to an aromatic ring is 1. The van der Waals surface area contributed by atoms with Crippen LogP contribution in [0.15, 0.2) is 28.6 Å². The number of fused-ring (bicyclic) bond motifs is 1. The van der Waals surface area contributed by atoms with Gasteiger partial charge in [-0.25, -0.2) is 0 Å². The zero-order valence-electron chi connectivity index (χ0n) is 11.7. The molecule has 0 aliphatic carbocycles. The third-order valence-corrected chi connectivity index (χ3v) is 5.41. The summed E-state index contributed by atoms with van der Waals surface area (Å²) in [6.07, 6.45) is 0.922. The van der Waals surface area contributed by atoms with E-state index in [4.69, 9.17) is 5.73 Å². The van der Waals surface area contributed by atoms with E-state index in [9.17, 15) is 4.79 Å². The Balaban J connectivity index is 1.66. The molecule has 5 nitrogen and oxygen atoms in total. The SMILES string of the molecule is CC(Sc1nnc(N)s1)C(=O)N1CCc2ccccc2C1. The van der Waals surface area contributed by atoms with Crippen LogP contribution in [0.3, 0.4) is 0 Å². The maximum Gasteiger partial charge on any atom is 0.236 e. The van der Waals surface area contributed by atoms with Crippen molar-refractivity contribution in [2.75, 3.05) is 12.3 Å². The number of carbonyl (C=O) groups is 1. The Bertz CT molecular complexity index is 658. The number of rotatable bonds is 3. The molecule has 0 spiro atoms. The molecular formula is C14H16N4OS2. The van der Waals surface area contributed by atoms with Crippen molar-refractivity contribution in [3.8, 4) is 0 Å². The van der Waals surface area contributed by atoms with E-state index >= 15 is 0 Å². The van der Waals surface area contributed by atoms with Crippen molar-refractivity contribution in [1.29, 1.82) is 0 Å². The summed E-state index contributed by atoms with van der Waals surface area (Å²) in [5, 5.41) is 7.98. The molecule has 0 saturated carbocycles. The first-order valence-corrected chi connectivity index (χ1v) is 8.44. The van der Waals surface area contributed by atoms with E-state index in [2.05, 4.69) is 28.4 Å². The molecule has 3 rings (SSSR count). The molecule has 0 bridgehead atoms. The first kappa shape index (κ1) is 14.3. The van der Waals surface area contributed by atoms with Crippen LogP contribution >= 0.6 is 23.1 Å². The van der Waals surface area contributed by atoms with E-state index in [0.29, 0.717) is 11.7 Å². The highest BCUT2D eigenvalue weighted by atomic mass is 32.2. The van der Waals surface area contributed by atoms with E-state index in [1.165, 1.54) is 34.2 Å². The van der Waals surface area contributed by atoms with E-state index in [1.807, 2.05) is 17.9 Å². The van der Waals surface area contributed by atoms with Crippen LogP contribution in [0.1, 0.15) is 18.1 Å². The lowest BCUT2D eigenvalue weighted by atomic mass is 10.00. The Labute approximate surface area is 131 Å². The normalized spacial score (nSPS) is 15.6. The van der Waals surface area contributed by atoms with Gasteiger partial charge in [0.1, 0.15) is 0 Å². The summed E-state index contributed by atoms with van der Waals surface area (Å²) < 4.78 is 0.741. The Morgan fingerprint density at radius 2 is 2.14 bits per heavy atom. The Morgan fingerprint density at radius 1 is 1.38 bits per heavy atom. The second kappa shape index (κ2) is 6.03. The van der Waals surface area contributed by atoms with Gasteiger partial charge in [0.25, 0.3) is 0 Å². The minimum Gasteiger partial charge on any atom is -0.374 e. The van der Waals surface area contributed by atoms with Gasteiger partial charge in [-0.3, -0.25) is 4.79 Å². The fourth-order valence-corrected chi connectivity index (χ4v) is 4.27. The van der Waals surface area contributed by atoms with Gasteiger partial charge < -0.3 is 10.6 Å². The molecule has 2 aromatic rings. The molecule has 1 aliphatic rings. The average molecular weight is 320 g/mol. The first-order valence-electron chi connectivity index (χ1n) is 6.74. The average Bonchev–Trinajstić information content (AvgIpc) is 2.91. The molecule has 110 valence electrons. The fourth-order valence-electron chi connectivity index (χ4n) is 2.41. The molecule has 7 heteroatoms. The molecule has 0 radical (unpaired) electrons. The zero-order chi connectivity index (χ0) is 14.8. The number of amides is 1. The summed E-state index contributed by atoms with van der Waals surface area (Å²) in [5.41, 5.74) is 8.15. The largest absolute Gasteiger partial charge is 0.374 e. The maximum absolute atomic E-state index is 12.5. The lowest BCUT2D eigenvalue weighted by Gasteiger charge is -2.30. The molecule has 1 aliphatic heterocycles. The van der Waals surface area contributed by atoms with Gasteiger partial charge in [-0.2, -0.15) is 0 Å².